The SMILES string of the molecule is Cc1cccc(S(=O)(=O)N(CC(=O)N[C@@H]2CCCc3ccccc32)Cc2ccco2)c1. The average molecular weight is 439 g/mol. The van der Waals surface area contributed by atoms with Crippen molar-refractivity contribution in [2.45, 2.75) is 43.7 Å². The maximum absolute atomic E-state index is 13.3. The lowest BCUT2D eigenvalue weighted by molar-refractivity contribution is -0.122. The average Bonchev–Trinajstić information content (AvgIpc) is 3.27. The third-order valence-corrected chi connectivity index (χ3v) is 7.35. The van der Waals surface area contributed by atoms with E-state index >= 15 is 0 Å². The number of carbonyl (C=O) groups is 1. The molecule has 4 rings (SSSR count). The van der Waals surface area contributed by atoms with Crippen molar-refractivity contribution in [2.75, 3.05) is 6.54 Å². The lowest BCUT2D eigenvalue weighted by Gasteiger charge is -2.28. The van der Waals surface area contributed by atoms with E-state index in [1.807, 2.05) is 31.2 Å². The van der Waals surface area contributed by atoms with Crippen LogP contribution in [0.2, 0.25) is 0 Å². The summed E-state index contributed by atoms with van der Waals surface area (Å²) in [4.78, 5) is 13.1. The molecule has 31 heavy (non-hydrogen) atoms. The van der Waals surface area contributed by atoms with Gasteiger partial charge < -0.3 is 9.73 Å². The molecule has 0 unspecified atom stereocenters. The first-order valence-electron chi connectivity index (χ1n) is 10.4. The minimum absolute atomic E-state index is 0.0159. The first-order chi connectivity index (χ1) is 14.9. The van der Waals surface area contributed by atoms with E-state index in [0.29, 0.717) is 5.76 Å². The van der Waals surface area contributed by atoms with E-state index in [1.165, 1.54) is 16.1 Å². The van der Waals surface area contributed by atoms with Crippen molar-refractivity contribution in [3.05, 3.63) is 89.4 Å². The van der Waals surface area contributed by atoms with Crippen LogP contribution in [0.4, 0.5) is 0 Å². The minimum atomic E-state index is -3.88. The Bertz CT molecular complexity index is 1160. The fraction of sp³-hybridized carbons (Fsp3) is 0.292. The third-order valence-electron chi connectivity index (χ3n) is 5.56. The zero-order valence-corrected chi connectivity index (χ0v) is 18.3. The van der Waals surface area contributed by atoms with Gasteiger partial charge in [-0.2, -0.15) is 4.31 Å². The number of furan rings is 1. The molecule has 0 spiro atoms. The zero-order valence-electron chi connectivity index (χ0n) is 17.5. The molecule has 1 atom stereocenters. The van der Waals surface area contributed by atoms with Gasteiger partial charge in [0.2, 0.25) is 15.9 Å². The summed E-state index contributed by atoms with van der Waals surface area (Å²) in [6.45, 7) is 1.54. The van der Waals surface area contributed by atoms with Crippen molar-refractivity contribution in [3.8, 4) is 0 Å². The van der Waals surface area contributed by atoms with E-state index in [0.717, 1.165) is 30.4 Å². The Labute approximate surface area is 182 Å². The van der Waals surface area contributed by atoms with E-state index < -0.39 is 10.0 Å². The Morgan fingerprint density at radius 3 is 2.74 bits per heavy atom. The van der Waals surface area contributed by atoms with Gasteiger partial charge in [-0.25, -0.2) is 8.42 Å². The first-order valence-corrected chi connectivity index (χ1v) is 11.8. The number of rotatable bonds is 7. The van der Waals surface area contributed by atoms with Crippen molar-refractivity contribution in [3.63, 3.8) is 0 Å². The van der Waals surface area contributed by atoms with E-state index in [-0.39, 0.29) is 29.9 Å². The van der Waals surface area contributed by atoms with Crippen LogP contribution in [0, 0.1) is 6.92 Å². The number of nitrogens with one attached hydrogen (secondary N) is 1. The number of nitrogens with zero attached hydrogens (tertiary/aromatic N) is 1. The molecule has 1 aliphatic carbocycles. The summed E-state index contributed by atoms with van der Waals surface area (Å²) in [5.74, 6) is 0.150. The topological polar surface area (TPSA) is 79.6 Å². The van der Waals surface area contributed by atoms with Crippen LogP contribution in [0.5, 0.6) is 0 Å². The molecule has 1 aliphatic rings. The van der Waals surface area contributed by atoms with Gasteiger partial charge in [0.05, 0.1) is 30.3 Å². The molecule has 0 aliphatic heterocycles. The highest BCUT2D eigenvalue weighted by atomic mass is 32.2. The van der Waals surface area contributed by atoms with Crippen LogP contribution in [0.1, 0.15) is 41.3 Å². The highest BCUT2D eigenvalue weighted by Gasteiger charge is 2.29. The molecule has 0 fully saturated rings. The molecule has 0 saturated heterocycles. The van der Waals surface area contributed by atoms with Crippen molar-refractivity contribution in [1.29, 1.82) is 0 Å². The van der Waals surface area contributed by atoms with Crippen LogP contribution < -0.4 is 5.32 Å². The van der Waals surface area contributed by atoms with Crippen molar-refractivity contribution >= 4 is 15.9 Å². The molecular formula is C24H26N2O4S. The molecule has 1 N–H and O–H groups in total. The van der Waals surface area contributed by atoms with Crippen LogP contribution >= 0.6 is 0 Å². The number of hydrogen-bond acceptors (Lipinski definition) is 4. The Morgan fingerprint density at radius 2 is 1.97 bits per heavy atom. The van der Waals surface area contributed by atoms with Gasteiger partial charge in [0, 0.05) is 0 Å². The number of hydrogen-bond donors (Lipinski definition) is 1. The monoisotopic (exact) mass is 438 g/mol. The third kappa shape index (κ3) is 4.89. The van der Waals surface area contributed by atoms with E-state index in [9.17, 15) is 13.2 Å². The fourth-order valence-electron chi connectivity index (χ4n) is 4.03. The molecular weight excluding hydrogens is 412 g/mol. The quantitative estimate of drug-likeness (QED) is 0.605. The second kappa shape index (κ2) is 9.08. The predicted octanol–water partition coefficient (Wildman–Crippen LogP) is 3.97. The first kappa shape index (κ1) is 21.3. The molecule has 162 valence electrons. The molecule has 0 radical (unpaired) electrons. The van der Waals surface area contributed by atoms with E-state index in [4.69, 9.17) is 4.42 Å². The van der Waals surface area contributed by atoms with Crippen LogP contribution in [0.3, 0.4) is 0 Å². The fourth-order valence-corrected chi connectivity index (χ4v) is 5.50. The Kier molecular flexibility index (Phi) is 6.25. The Morgan fingerprint density at radius 1 is 1.13 bits per heavy atom. The summed E-state index contributed by atoms with van der Waals surface area (Å²) in [6, 6.07) is 18.1. The van der Waals surface area contributed by atoms with Crippen LogP contribution in [0.25, 0.3) is 0 Å². The smallest absolute Gasteiger partial charge is 0.243 e. The normalized spacial score (nSPS) is 16.1. The van der Waals surface area contributed by atoms with Gasteiger partial charge >= 0.3 is 0 Å². The number of aryl methyl sites for hydroxylation is 2. The maximum Gasteiger partial charge on any atom is 0.243 e. The van der Waals surface area contributed by atoms with E-state index in [1.54, 1.807) is 30.3 Å². The van der Waals surface area contributed by atoms with Gasteiger partial charge in [0.25, 0.3) is 0 Å². The van der Waals surface area contributed by atoms with Gasteiger partial charge in [-0.3, -0.25) is 4.79 Å². The van der Waals surface area contributed by atoms with Gasteiger partial charge in [0.1, 0.15) is 5.76 Å². The molecule has 1 aromatic heterocycles. The Hall–Kier alpha value is -2.90. The molecule has 1 amide bonds. The lowest BCUT2D eigenvalue weighted by atomic mass is 9.88. The van der Waals surface area contributed by atoms with Crippen molar-refractivity contribution in [2.24, 2.45) is 0 Å². The summed E-state index contributed by atoms with van der Waals surface area (Å²) < 4.78 is 33.2. The van der Waals surface area contributed by atoms with Crippen LogP contribution in [-0.4, -0.2) is 25.2 Å². The molecule has 1 heterocycles. The predicted molar refractivity (Wildman–Crippen MR) is 118 cm³/mol. The molecule has 0 bridgehead atoms. The second-order valence-electron chi connectivity index (χ2n) is 7.88. The number of sulfonamides is 1. The summed E-state index contributed by atoms with van der Waals surface area (Å²) in [5.41, 5.74) is 3.18. The molecule has 3 aromatic rings. The van der Waals surface area contributed by atoms with E-state index in [2.05, 4.69) is 11.4 Å². The largest absolute Gasteiger partial charge is 0.468 e. The zero-order chi connectivity index (χ0) is 21.8. The number of fused-ring (bicyclic) bond motifs is 1. The highest BCUT2D eigenvalue weighted by molar-refractivity contribution is 7.89. The maximum atomic E-state index is 13.3. The molecule has 0 saturated carbocycles. The standard InChI is InChI=1S/C24H26N2O4S/c1-18-7-4-11-21(15-18)31(28,29)26(16-20-10-6-14-30-20)17-24(27)25-23-13-5-9-19-8-2-3-12-22(19)23/h2-4,6-8,10-12,14-15,23H,5,9,13,16-17H2,1H3,(H,25,27)/t23-/m1/s1. The second-order valence-corrected chi connectivity index (χ2v) is 9.82. The lowest BCUT2D eigenvalue weighted by Crippen LogP contribution is -2.42. The van der Waals surface area contributed by atoms with Gasteiger partial charge in [0.15, 0.2) is 0 Å². The summed E-state index contributed by atoms with van der Waals surface area (Å²) in [5, 5.41) is 3.04. The molecule has 2 aromatic carbocycles. The molecule has 7 heteroatoms. The molecule has 6 nitrogen and oxygen atoms in total. The van der Waals surface area contributed by atoms with Crippen molar-refractivity contribution in [1.82, 2.24) is 9.62 Å². The van der Waals surface area contributed by atoms with Gasteiger partial charge in [-0.05, 0) is 67.1 Å². The van der Waals surface area contributed by atoms with Gasteiger partial charge in [-0.1, -0.05) is 36.4 Å². The summed E-state index contributed by atoms with van der Waals surface area (Å²) in [7, 11) is -3.88. The number of amides is 1. The summed E-state index contributed by atoms with van der Waals surface area (Å²) >= 11 is 0. The minimum Gasteiger partial charge on any atom is -0.468 e. The number of benzene rings is 2. The van der Waals surface area contributed by atoms with Crippen molar-refractivity contribution < 1.29 is 17.6 Å². The highest BCUT2D eigenvalue weighted by Crippen LogP contribution is 2.29. The number of carbonyl (C=O) groups excluding carboxylic acids is 1. The van der Waals surface area contributed by atoms with Crippen LogP contribution in [-0.2, 0) is 27.8 Å². The van der Waals surface area contributed by atoms with Crippen LogP contribution in [0.15, 0.2) is 76.2 Å². The summed E-state index contributed by atoms with van der Waals surface area (Å²) in [6.07, 6.45) is 4.31. The van der Waals surface area contributed by atoms with Gasteiger partial charge in [-0.15, -0.1) is 0 Å². The Balaban J connectivity index is 1.56.